The molecular weight excluding hydrogens is 298 g/mol. The van der Waals surface area contributed by atoms with E-state index in [0.29, 0.717) is 24.2 Å². The molecule has 0 spiro atoms. The third-order valence-electron chi connectivity index (χ3n) is 3.85. The highest BCUT2D eigenvalue weighted by Gasteiger charge is 2.33. The Labute approximate surface area is 136 Å². The van der Waals surface area contributed by atoms with Crippen LogP contribution in [0.25, 0.3) is 0 Å². The van der Waals surface area contributed by atoms with Gasteiger partial charge in [0.25, 0.3) is 5.69 Å². The molecule has 0 bridgehead atoms. The average molecular weight is 323 g/mol. The Bertz CT molecular complexity index is 593. The smallest absolute Gasteiger partial charge is 0.302 e. The zero-order valence-electron chi connectivity index (χ0n) is 14.5. The minimum Gasteiger partial charge on any atom is -0.360 e. The number of nitro benzene ring substituents is 2. The van der Waals surface area contributed by atoms with Gasteiger partial charge in [0, 0.05) is 24.7 Å². The van der Waals surface area contributed by atoms with E-state index in [-0.39, 0.29) is 23.0 Å². The van der Waals surface area contributed by atoms with Crippen molar-refractivity contribution in [2.45, 2.75) is 53.4 Å². The highest BCUT2D eigenvalue weighted by molar-refractivity contribution is 5.79. The number of rotatable bonds is 8. The topological polar surface area (TPSA) is 89.5 Å². The summed E-state index contributed by atoms with van der Waals surface area (Å²) in [6, 6.07) is 1.50. The third kappa shape index (κ3) is 3.97. The molecule has 0 radical (unpaired) electrons. The fourth-order valence-electron chi connectivity index (χ4n) is 2.91. The second-order valence-electron chi connectivity index (χ2n) is 5.96. The first-order valence-electron chi connectivity index (χ1n) is 7.97. The fraction of sp³-hybridized carbons (Fsp3) is 0.625. The van der Waals surface area contributed by atoms with Crippen LogP contribution in [0.15, 0.2) is 6.07 Å². The van der Waals surface area contributed by atoms with Gasteiger partial charge in [0.1, 0.15) is 0 Å². The molecule has 0 atom stereocenters. The molecule has 0 aliphatic heterocycles. The summed E-state index contributed by atoms with van der Waals surface area (Å²) >= 11 is 0. The van der Waals surface area contributed by atoms with Gasteiger partial charge in [0.15, 0.2) is 5.69 Å². The van der Waals surface area contributed by atoms with Gasteiger partial charge in [0.2, 0.25) is 0 Å². The van der Waals surface area contributed by atoms with Gasteiger partial charge in [-0.15, -0.1) is 0 Å². The van der Waals surface area contributed by atoms with Crippen LogP contribution < -0.4 is 4.90 Å². The van der Waals surface area contributed by atoms with E-state index >= 15 is 0 Å². The van der Waals surface area contributed by atoms with Crippen LogP contribution in [0.3, 0.4) is 0 Å². The summed E-state index contributed by atoms with van der Waals surface area (Å²) in [5.74, 6) is -0.0211. The number of nitrogens with zero attached hydrogens (tertiary/aromatic N) is 3. The summed E-state index contributed by atoms with van der Waals surface area (Å²) < 4.78 is 0. The molecule has 1 rings (SSSR count). The van der Waals surface area contributed by atoms with E-state index in [1.165, 1.54) is 6.07 Å². The average Bonchev–Trinajstić information content (AvgIpc) is 2.45. The van der Waals surface area contributed by atoms with Crippen molar-refractivity contribution in [1.82, 2.24) is 0 Å². The minimum atomic E-state index is -0.508. The Balaban J connectivity index is 3.79. The molecule has 1 aromatic rings. The van der Waals surface area contributed by atoms with E-state index in [1.807, 2.05) is 27.7 Å². The molecule has 7 nitrogen and oxygen atoms in total. The van der Waals surface area contributed by atoms with Crippen LogP contribution >= 0.6 is 0 Å². The number of hydrogen-bond acceptors (Lipinski definition) is 5. The van der Waals surface area contributed by atoms with Crippen molar-refractivity contribution in [2.75, 3.05) is 18.0 Å². The highest BCUT2D eigenvalue weighted by atomic mass is 16.6. The predicted molar refractivity (Wildman–Crippen MR) is 91.4 cm³/mol. The summed E-state index contributed by atoms with van der Waals surface area (Å²) in [7, 11) is 0. The second kappa shape index (κ2) is 7.89. The molecule has 1 aromatic carbocycles. The number of benzene rings is 1. The van der Waals surface area contributed by atoms with Gasteiger partial charge in [-0.2, -0.15) is 0 Å². The summed E-state index contributed by atoms with van der Waals surface area (Å²) in [6.07, 6.45) is 1.53. The molecule has 0 N–H and O–H groups in total. The van der Waals surface area contributed by atoms with Crippen LogP contribution in [0, 0.1) is 27.2 Å². The number of anilines is 1. The molecule has 23 heavy (non-hydrogen) atoms. The van der Waals surface area contributed by atoms with E-state index in [4.69, 9.17) is 0 Å². The zero-order chi connectivity index (χ0) is 17.7. The van der Waals surface area contributed by atoms with Gasteiger partial charge in [-0.25, -0.2) is 0 Å². The van der Waals surface area contributed by atoms with E-state index in [0.717, 1.165) is 12.8 Å². The summed E-state index contributed by atoms with van der Waals surface area (Å²) in [5.41, 5.74) is 1.01. The predicted octanol–water partition coefficient (Wildman–Crippen LogP) is 4.56. The van der Waals surface area contributed by atoms with E-state index < -0.39 is 9.85 Å². The molecule has 0 saturated carbocycles. The molecule has 0 heterocycles. The normalized spacial score (nSPS) is 10.9. The van der Waals surface area contributed by atoms with Gasteiger partial charge < -0.3 is 4.90 Å². The standard InChI is InChI=1S/C16H25N3O4/c1-6-8-17(9-7-2)16-14(18(20)21)10-13(11(3)4)12(5)15(16)19(22)23/h10-11H,6-9H2,1-5H3. The Morgan fingerprint density at radius 1 is 1.09 bits per heavy atom. The number of nitro groups is 2. The molecule has 7 heteroatoms. The van der Waals surface area contributed by atoms with Crippen molar-refractivity contribution in [3.8, 4) is 0 Å². The maximum absolute atomic E-state index is 11.7. The van der Waals surface area contributed by atoms with Crippen LogP contribution in [0.5, 0.6) is 0 Å². The molecular formula is C16H25N3O4. The van der Waals surface area contributed by atoms with Crippen LogP contribution in [0.1, 0.15) is 57.6 Å². The third-order valence-corrected chi connectivity index (χ3v) is 3.85. The first kappa shape index (κ1) is 18.9. The minimum absolute atomic E-state index is 0.0211. The van der Waals surface area contributed by atoms with Gasteiger partial charge in [0.05, 0.1) is 9.85 Å². The van der Waals surface area contributed by atoms with Gasteiger partial charge in [-0.05, 0) is 31.2 Å². The Morgan fingerprint density at radius 2 is 1.61 bits per heavy atom. The van der Waals surface area contributed by atoms with Gasteiger partial charge in [-0.1, -0.05) is 27.7 Å². The maximum atomic E-state index is 11.7. The molecule has 128 valence electrons. The fourth-order valence-corrected chi connectivity index (χ4v) is 2.91. The zero-order valence-corrected chi connectivity index (χ0v) is 14.5. The van der Waals surface area contributed by atoms with E-state index in [9.17, 15) is 20.2 Å². The van der Waals surface area contributed by atoms with Crippen LogP contribution in [0.4, 0.5) is 17.1 Å². The Hall–Kier alpha value is -2.18. The van der Waals surface area contributed by atoms with Crippen molar-refractivity contribution < 1.29 is 9.85 Å². The summed E-state index contributed by atoms with van der Waals surface area (Å²) in [4.78, 5) is 24.0. The monoisotopic (exact) mass is 323 g/mol. The molecule has 0 saturated heterocycles. The molecule has 0 fully saturated rings. The SMILES string of the molecule is CCCN(CCC)c1c([N+](=O)[O-])cc(C(C)C)c(C)c1[N+](=O)[O-]. The lowest BCUT2D eigenvalue weighted by atomic mass is 9.94. The van der Waals surface area contributed by atoms with Crippen molar-refractivity contribution >= 4 is 17.1 Å². The quantitative estimate of drug-likeness (QED) is 0.516. The van der Waals surface area contributed by atoms with Crippen LogP contribution in [-0.2, 0) is 0 Å². The van der Waals surface area contributed by atoms with Crippen molar-refractivity contribution in [1.29, 1.82) is 0 Å². The molecule has 0 aromatic heterocycles. The lowest BCUT2D eigenvalue weighted by molar-refractivity contribution is -0.393. The van der Waals surface area contributed by atoms with E-state index in [2.05, 4.69) is 0 Å². The van der Waals surface area contributed by atoms with Crippen LogP contribution in [-0.4, -0.2) is 22.9 Å². The van der Waals surface area contributed by atoms with E-state index in [1.54, 1.807) is 11.8 Å². The lowest BCUT2D eigenvalue weighted by Crippen LogP contribution is -2.27. The molecule has 0 amide bonds. The summed E-state index contributed by atoms with van der Waals surface area (Å²) in [5, 5.41) is 23.2. The summed E-state index contributed by atoms with van der Waals surface area (Å²) in [6.45, 7) is 10.4. The van der Waals surface area contributed by atoms with Crippen molar-refractivity contribution in [2.24, 2.45) is 0 Å². The maximum Gasteiger partial charge on any atom is 0.302 e. The highest BCUT2D eigenvalue weighted by Crippen LogP contribution is 2.43. The largest absolute Gasteiger partial charge is 0.360 e. The molecule has 0 aliphatic rings. The van der Waals surface area contributed by atoms with Crippen molar-refractivity contribution in [3.63, 3.8) is 0 Å². The first-order valence-corrected chi connectivity index (χ1v) is 7.97. The van der Waals surface area contributed by atoms with Gasteiger partial charge in [-0.3, -0.25) is 20.2 Å². The lowest BCUT2D eigenvalue weighted by Gasteiger charge is -2.25. The van der Waals surface area contributed by atoms with Gasteiger partial charge >= 0.3 is 5.69 Å². The second-order valence-corrected chi connectivity index (χ2v) is 5.96. The van der Waals surface area contributed by atoms with Crippen molar-refractivity contribution in [3.05, 3.63) is 37.4 Å². The molecule has 0 unspecified atom stereocenters. The number of hydrogen-bond donors (Lipinski definition) is 0. The molecule has 0 aliphatic carbocycles. The van der Waals surface area contributed by atoms with Crippen LogP contribution in [0.2, 0.25) is 0 Å². The first-order chi connectivity index (χ1) is 10.8. The Morgan fingerprint density at radius 3 is 1.96 bits per heavy atom. The Kier molecular flexibility index (Phi) is 6.48.